The van der Waals surface area contributed by atoms with Gasteiger partial charge in [0.15, 0.2) is 0 Å². The molecule has 0 saturated carbocycles. The van der Waals surface area contributed by atoms with E-state index in [0.29, 0.717) is 6.61 Å². The quantitative estimate of drug-likeness (QED) is 0.286. The average molecular weight is 190 g/mol. The zero-order valence-electron chi connectivity index (χ0n) is 6.46. The van der Waals surface area contributed by atoms with Gasteiger partial charge in [-0.15, -0.1) is 0 Å². The summed E-state index contributed by atoms with van der Waals surface area (Å²) in [6.45, 7) is 2.37. The van der Waals surface area contributed by atoms with Gasteiger partial charge in [-0.25, -0.2) is 4.21 Å². The molecule has 0 aliphatic carbocycles. The van der Waals surface area contributed by atoms with Gasteiger partial charge < -0.3 is 8.74 Å². The fraction of sp³-hybridized carbons (Fsp3) is 1.00. The normalized spacial score (nSPS) is 12.2. The maximum atomic E-state index is 9.74. The minimum Gasteiger partial charge on any atom is -0.750 e. The molecular weight excluding hydrogens is 179 g/mol. The minimum atomic E-state index is -2.32. The van der Waals surface area contributed by atoms with E-state index in [1.54, 1.807) is 0 Å². The minimum absolute atomic E-state index is 0. The summed E-state index contributed by atoms with van der Waals surface area (Å²) in [4.78, 5) is 0. The first-order chi connectivity index (χ1) is 4.27. The molecular formula is C5H11KO3S. The van der Waals surface area contributed by atoms with Crippen molar-refractivity contribution in [1.82, 2.24) is 0 Å². The molecule has 0 aromatic rings. The molecule has 0 aromatic heterocycles. The maximum absolute atomic E-state index is 9.74. The second-order valence-electron chi connectivity index (χ2n) is 1.73. The van der Waals surface area contributed by atoms with Gasteiger partial charge in [0.25, 0.3) is 0 Å². The van der Waals surface area contributed by atoms with Crippen LogP contribution in [0.1, 0.15) is 26.2 Å². The molecule has 5 heteroatoms. The molecule has 0 radical (unpaired) electrons. The number of hydrogen-bond donors (Lipinski definition) is 0. The Morgan fingerprint density at radius 3 is 2.50 bits per heavy atom. The van der Waals surface area contributed by atoms with E-state index in [2.05, 4.69) is 4.18 Å². The molecule has 3 nitrogen and oxygen atoms in total. The summed E-state index contributed by atoms with van der Waals surface area (Å²) in [7, 11) is 0. The van der Waals surface area contributed by atoms with Gasteiger partial charge in [-0.05, 0) is 6.42 Å². The Balaban J connectivity index is 0. The van der Waals surface area contributed by atoms with Crippen LogP contribution in [0.15, 0.2) is 0 Å². The molecule has 0 aliphatic rings. The SMILES string of the molecule is CCCCCOS(=O)[O-].[K+]. The van der Waals surface area contributed by atoms with Crippen molar-refractivity contribution in [2.45, 2.75) is 26.2 Å². The van der Waals surface area contributed by atoms with E-state index in [-0.39, 0.29) is 51.4 Å². The van der Waals surface area contributed by atoms with Crippen LogP contribution in [-0.4, -0.2) is 15.4 Å². The van der Waals surface area contributed by atoms with Crippen LogP contribution < -0.4 is 51.4 Å². The van der Waals surface area contributed by atoms with E-state index in [9.17, 15) is 8.76 Å². The third-order valence-electron chi connectivity index (χ3n) is 0.927. The molecule has 1 atom stereocenters. The van der Waals surface area contributed by atoms with Gasteiger partial charge in [0.2, 0.25) is 0 Å². The fourth-order valence-corrected chi connectivity index (χ4v) is 0.733. The number of hydrogen-bond acceptors (Lipinski definition) is 3. The van der Waals surface area contributed by atoms with Crippen LogP contribution in [0.5, 0.6) is 0 Å². The number of rotatable bonds is 5. The van der Waals surface area contributed by atoms with Crippen LogP contribution in [0.25, 0.3) is 0 Å². The van der Waals surface area contributed by atoms with Gasteiger partial charge in [0, 0.05) is 0 Å². The summed E-state index contributed by atoms with van der Waals surface area (Å²) in [6.07, 6.45) is 2.93. The van der Waals surface area contributed by atoms with E-state index in [4.69, 9.17) is 0 Å². The second-order valence-corrected chi connectivity index (χ2v) is 2.38. The molecule has 0 saturated heterocycles. The average Bonchev–Trinajstić information content (AvgIpc) is 1.80. The van der Waals surface area contributed by atoms with E-state index in [1.165, 1.54) is 0 Å². The molecule has 0 fully saturated rings. The van der Waals surface area contributed by atoms with E-state index < -0.39 is 11.4 Å². The molecule has 0 heterocycles. The van der Waals surface area contributed by atoms with Gasteiger partial charge in [-0.2, -0.15) is 0 Å². The molecule has 10 heavy (non-hydrogen) atoms. The van der Waals surface area contributed by atoms with Crippen molar-refractivity contribution in [2.24, 2.45) is 0 Å². The fourth-order valence-electron chi connectivity index (χ4n) is 0.479. The molecule has 0 N–H and O–H groups in total. The van der Waals surface area contributed by atoms with Gasteiger partial charge in [0.05, 0.1) is 18.0 Å². The van der Waals surface area contributed by atoms with Crippen LogP contribution in [0.4, 0.5) is 0 Å². The van der Waals surface area contributed by atoms with Crippen molar-refractivity contribution in [3.05, 3.63) is 0 Å². The summed E-state index contributed by atoms with van der Waals surface area (Å²) in [6, 6.07) is 0. The standard InChI is InChI=1S/C5H12O3S.K/c1-2-3-4-5-8-9(6)7;/h2-5H2,1H3,(H,6,7);/q;+1/p-1. The van der Waals surface area contributed by atoms with Gasteiger partial charge >= 0.3 is 51.4 Å². The zero-order valence-corrected chi connectivity index (χ0v) is 10.4. The maximum Gasteiger partial charge on any atom is 1.00 e. The Kier molecular flexibility index (Phi) is 15.2. The summed E-state index contributed by atoms with van der Waals surface area (Å²) < 4.78 is 23.7. The monoisotopic (exact) mass is 190 g/mol. The topological polar surface area (TPSA) is 49.4 Å². The molecule has 1 unspecified atom stereocenters. The molecule has 0 bridgehead atoms. The summed E-state index contributed by atoms with van der Waals surface area (Å²) >= 11 is -2.32. The van der Waals surface area contributed by atoms with Gasteiger partial charge in [-0.1, -0.05) is 19.8 Å². The van der Waals surface area contributed by atoms with Crippen LogP contribution in [0, 0.1) is 0 Å². The Bertz CT molecular complexity index is 89.0. The zero-order chi connectivity index (χ0) is 7.11. The number of unbranched alkanes of at least 4 members (excludes halogenated alkanes) is 2. The molecule has 0 amide bonds. The Labute approximate surface area is 107 Å². The summed E-state index contributed by atoms with van der Waals surface area (Å²) in [5, 5.41) is 0. The molecule has 0 aromatic carbocycles. The Hall–Kier alpha value is 1.71. The van der Waals surface area contributed by atoms with Crippen molar-refractivity contribution < 1.29 is 64.3 Å². The van der Waals surface area contributed by atoms with Crippen molar-refractivity contribution in [2.75, 3.05) is 6.61 Å². The smallest absolute Gasteiger partial charge is 0.750 e. The van der Waals surface area contributed by atoms with Crippen molar-refractivity contribution in [1.29, 1.82) is 0 Å². The predicted molar refractivity (Wildman–Crippen MR) is 34.4 cm³/mol. The molecule has 56 valence electrons. The Morgan fingerprint density at radius 2 is 2.10 bits per heavy atom. The van der Waals surface area contributed by atoms with Crippen molar-refractivity contribution in [3.63, 3.8) is 0 Å². The van der Waals surface area contributed by atoms with Crippen molar-refractivity contribution in [3.8, 4) is 0 Å². The molecule has 0 aliphatic heterocycles. The third kappa shape index (κ3) is 12.4. The van der Waals surface area contributed by atoms with Crippen LogP contribution in [0.3, 0.4) is 0 Å². The van der Waals surface area contributed by atoms with Crippen LogP contribution in [-0.2, 0) is 15.5 Å². The second kappa shape index (κ2) is 10.7. The van der Waals surface area contributed by atoms with Crippen LogP contribution >= 0.6 is 0 Å². The summed E-state index contributed by atoms with van der Waals surface area (Å²) in [5.41, 5.74) is 0. The van der Waals surface area contributed by atoms with E-state index in [0.717, 1.165) is 19.3 Å². The van der Waals surface area contributed by atoms with Gasteiger partial charge in [0.1, 0.15) is 0 Å². The largest absolute Gasteiger partial charge is 1.00 e. The van der Waals surface area contributed by atoms with Gasteiger partial charge in [-0.3, -0.25) is 0 Å². The third-order valence-corrected chi connectivity index (χ3v) is 1.29. The Morgan fingerprint density at radius 1 is 1.50 bits per heavy atom. The first-order valence-electron chi connectivity index (χ1n) is 3.00. The van der Waals surface area contributed by atoms with Crippen molar-refractivity contribution >= 4 is 11.4 Å². The van der Waals surface area contributed by atoms with Crippen LogP contribution in [0.2, 0.25) is 0 Å². The molecule has 0 rings (SSSR count). The van der Waals surface area contributed by atoms with E-state index in [1.807, 2.05) is 6.92 Å². The summed E-state index contributed by atoms with van der Waals surface area (Å²) in [5.74, 6) is 0. The van der Waals surface area contributed by atoms with E-state index >= 15 is 0 Å². The predicted octanol–water partition coefficient (Wildman–Crippen LogP) is -2.01. The first-order valence-corrected chi connectivity index (χ1v) is 4.00. The molecule has 0 spiro atoms. The first kappa shape index (κ1) is 14.2.